The third-order valence-corrected chi connectivity index (χ3v) is 3.73. The number of fused-ring (bicyclic) bond motifs is 3. The van der Waals surface area contributed by atoms with Crippen molar-refractivity contribution in [1.29, 1.82) is 0 Å². The van der Waals surface area contributed by atoms with Crippen LogP contribution in [0.3, 0.4) is 0 Å². The smallest absolute Gasteiger partial charge is 0.277 e. The number of aromatic amines is 1. The molecule has 0 aliphatic carbocycles. The predicted molar refractivity (Wildman–Crippen MR) is 83.9 cm³/mol. The summed E-state index contributed by atoms with van der Waals surface area (Å²) in [5.74, 6) is 1.31. The zero-order valence-electron chi connectivity index (χ0n) is 12.5. The first-order valence-corrected chi connectivity index (χ1v) is 7.15. The van der Waals surface area contributed by atoms with E-state index >= 15 is 0 Å². The van der Waals surface area contributed by atoms with E-state index in [9.17, 15) is 4.79 Å². The van der Waals surface area contributed by atoms with Crippen LogP contribution in [0.15, 0.2) is 29.3 Å². The average Bonchev–Trinajstić information content (AvgIpc) is 2.85. The van der Waals surface area contributed by atoms with Crippen molar-refractivity contribution in [2.75, 3.05) is 7.11 Å². The Morgan fingerprint density at radius 1 is 1.38 bits per heavy atom. The molecular weight excluding hydrogens is 266 g/mol. The summed E-state index contributed by atoms with van der Waals surface area (Å²) in [4.78, 5) is 20.2. The number of hydrogen-bond acceptors (Lipinski definition) is 3. The summed E-state index contributed by atoms with van der Waals surface area (Å²) >= 11 is 0. The highest BCUT2D eigenvalue weighted by atomic mass is 16.5. The molecule has 0 aliphatic rings. The molecule has 0 saturated heterocycles. The van der Waals surface area contributed by atoms with Gasteiger partial charge in [0.15, 0.2) is 0 Å². The lowest BCUT2D eigenvalue weighted by molar-refractivity contribution is 0.415. The van der Waals surface area contributed by atoms with Crippen molar-refractivity contribution in [2.45, 2.75) is 26.8 Å². The Bertz CT molecular complexity index is 846. The molecule has 110 valence electrons. The number of nitrogens with one attached hydrogen (secondary N) is 1. The third kappa shape index (κ3) is 2.39. The van der Waals surface area contributed by atoms with E-state index in [1.54, 1.807) is 18.0 Å². The maximum atomic E-state index is 12.5. The quantitative estimate of drug-likeness (QED) is 0.801. The molecule has 0 spiro atoms. The van der Waals surface area contributed by atoms with E-state index < -0.39 is 0 Å². The van der Waals surface area contributed by atoms with E-state index in [0.717, 1.165) is 23.1 Å². The first-order valence-electron chi connectivity index (χ1n) is 7.15. The standard InChI is InChI=1S/C16H19N3O2/c1-10(2)6-7-19-9-17-14-12-8-11(21-3)4-5-13(12)18-15(14)16(19)20/h4-5,8-10,18H,6-7H2,1-3H3. The first kappa shape index (κ1) is 13.7. The molecule has 0 amide bonds. The SMILES string of the molecule is COc1ccc2[nH]c3c(=O)n(CCC(C)C)cnc3c2c1. The van der Waals surface area contributed by atoms with Gasteiger partial charge in [0.05, 0.1) is 13.4 Å². The van der Waals surface area contributed by atoms with E-state index in [4.69, 9.17) is 4.74 Å². The van der Waals surface area contributed by atoms with Gasteiger partial charge in [0, 0.05) is 17.4 Å². The predicted octanol–water partition coefficient (Wildman–Crippen LogP) is 2.93. The van der Waals surface area contributed by atoms with Gasteiger partial charge in [-0.1, -0.05) is 13.8 Å². The molecule has 0 aliphatic heterocycles. The largest absolute Gasteiger partial charge is 0.497 e. The number of H-pyrrole nitrogens is 1. The van der Waals surface area contributed by atoms with Gasteiger partial charge in [-0.15, -0.1) is 0 Å². The van der Waals surface area contributed by atoms with Crippen LogP contribution in [0.25, 0.3) is 21.9 Å². The van der Waals surface area contributed by atoms with Crippen molar-refractivity contribution < 1.29 is 4.74 Å². The molecule has 1 N–H and O–H groups in total. The molecule has 0 unspecified atom stereocenters. The molecule has 21 heavy (non-hydrogen) atoms. The summed E-state index contributed by atoms with van der Waals surface area (Å²) in [5.41, 5.74) is 2.15. The number of ether oxygens (including phenoxy) is 1. The lowest BCUT2D eigenvalue weighted by Crippen LogP contribution is -2.21. The van der Waals surface area contributed by atoms with Crippen LogP contribution in [0.2, 0.25) is 0 Å². The van der Waals surface area contributed by atoms with Crippen molar-refractivity contribution >= 4 is 21.9 Å². The van der Waals surface area contributed by atoms with Crippen molar-refractivity contribution in [3.63, 3.8) is 0 Å². The minimum atomic E-state index is -0.0178. The molecule has 2 heterocycles. The van der Waals surface area contributed by atoms with Crippen LogP contribution in [0.4, 0.5) is 0 Å². The number of hydrogen-bond donors (Lipinski definition) is 1. The fourth-order valence-electron chi connectivity index (χ4n) is 2.45. The highest BCUT2D eigenvalue weighted by Gasteiger charge is 2.11. The van der Waals surface area contributed by atoms with Crippen molar-refractivity contribution in [3.05, 3.63) is 34.9 Å². The molecule has 3 aromatic rings. The van der Waals surface area contributed by atoms with E-state index in [1.807, 2.05) is 18.2 Å². The summed E-state index contributed by atoms with van der Waals surface area (Å²) in [6.07, 6.45) is 2.60. The van der Waals surface area contributed by atoms with E-state index in [0.29, 0.717) is 23.5 Å². The molecule has 1 aromatic carbocycles. The molecule has 0 radical (unpaired) electrons. The minimum absolute atomic E-state index is 0.0178. The summed E-state index contributed by atoms with van der Waals surface area (Å²) in [6, 6.07) is 5.68. The van der Waals surface area contributed by atoms with Gasteiger partial charge >= 0.3 is 0 Å². The monoisotopic (exact) mass is 285 g/mol. The average molecular weight is 285 g/mol. The van der Waals surface area contributed by atoms with Crippen LogP contribution in [0.5, 0.6) is 5.75 Å². The van der Waals surface area contributed by atoms with Gasteiger partial charge in [0.1, 0.15) is 16.8 Å². The van der Waals surface area contributed by atoms with Crippen LogP contribution in [-0.4, -0.2) is 21.6 Å². The zero-order valence-corrected chi connectivity index (χ0v) is 12.5. The number of aryl methyl sites for hydroxylation is 1. The van der Waals surface area contributed by atoms with Gasteiger partial charge in [0.25, 0.3) is 5.56 Å². The Morgan fingerprint density at radius 2 is 2.19 bits per heavy atom. The Balaban J connectivity index is 2.16. The third-order valence-electron chi connectivity index (χ3n) is 3.73. The maximum Gasteiger partial charge on any atom is 0.277 e. The summed E-state index contributed by atoms with van der Waals surface area (Å²) in [5, 5.41) is 0.914. The van der Waals surface area contributed by atoms with Gasteiger partial charge in [-0.2, -0.15) is 0 Å². The second kappa shape index (κ2) is 5.24. The highest BCUT2D eigenvalue weighted by molar-refractivity contribution is 6.04. The fraction of sp³-hybridized carbons (Fsp3) is 0.375. The summed E-state index contributed by atoms with van der Waals surface area (Å²) in [6.45, 7) is 4.98. The molecule has 0 bridgehead atoms. The molecular formula is C16H19N3O2. The Morgan fingerprint density at radius 3 is 2.90 bits per heavy atom. The molecule has 0 saturated carbocycles. The number of benzene rings is 1. The van der Waals surface area contributed by atoms with Crippen molar-refractivity contribution in [1.82, 2.24) is 14.5 Å². The van der Waals surface area contributed by atoms with Gasteiger partial charge in [-0.3, -0.25) is 9.36 Å². The topological polar surface area (TPSA) is 59.9 Å². The summed E-state index contributed by atoms with van der Waals surface area (Å²) in [7, 11) is 1.63. The Hall–Kier alpha value is -2.30. The molecule has 5 heteroatoms. The molecule has 0 atom stereocenters. The van der Waals surface area contributed by atoms with Crippen molar-refractivity contribution in [2.24, 2.45) is 5.92 Å². The second-order valence-electron chi connectivity index (χ2n) is 5.69. The lowest BCUT2D eigenvalue weighted by atomic mass is 10.1. The first-order chi connectivity index (χ1) is 10.1. The lowest BCUT2D eigenvalue weighted by Gasteiger charge is -2.07. The fourth-order valence-corrected chi connectivity index (χ4v) is 2.45. The maximum absolute atomic E-state index is 12.5. The number of aromatic nitrogens is 3. The van der Waals surface area contributed by atoms with Crippen LogP contribution in [0, 0.1) is 5.92 Å². The van der Waals surface area contributed by atoms with Gasteiger partial charge in [-0.25, -0.2) is 4.98 Å². The highest BCUT2D eigenvalue weighted by Crippen LogP contribution is 2.25. The second-order valence-corrected chi connectivity index (χ2v) is 5.69. The molecule has 5 nitrogen and oxygen atoms in total. The zero-order chi connectivity index (χ0) is 15.0. The van der Waals surface area contributed by atoms with Gasteiger partial charge in [0.2, 0.25) is 0 Å². The number of methoxy groups -OCH3 is 1. The molecule has 0 fully saturated rings. The van der Waals surface area contributed by atoms with Crippen LogP contribution < -0.4 is 10.3 Å². The Labute approximate surface area is 122 Å². The van der Waals surface area contributed by atoms with E-state index in [1.165, 1.54) is 0 Å². The Kier molecular flexibility index (Phi) is 3.41. The normalized spacial score (nSPS) is 11.6. The minimum Gasteiger partial charge on any atom is -0.497 e. The van der Waals surface area contributed by atoms with Gasteiger partial charge < -0.3 is 9.72 Å². The van der Waals surface area contributed by atoms with Gasteiger partial charge in [-0.05, 0) is 30.5 Å². The summed E-state index contributed by atoms with van der Waals surface area (Å²) < 4.78 is 6.91. The number of nitrogens with zero attached hydrogens (tertiary/aromatic N) is 2. The van der Waals surface area contributed by atoms with Crippen LogP contribution >= 0.6 is 0 Å². The number of rotatable bonds is 4. The van der Waals surface area contributed by atoms with Crippen LogP contribution in [-0.2, 0) is 6.54 Å². The molecule has 2 aromatic heterocycles. The van der Waals surface area contributed by atoms with E-state index in [-0.39, 0.29) is 5.56 Å². The molecule has 3 rings (SSSR count). The van der Waals surface area contributed by atoms with E-state index in [2.05, 4.69) is 23.8 Å². The van der Waals surface area contributed by atoms with Crippen LogP contribution in [0.1, 0.15) is 20.3 Å². The van der Waals surface area contributed by atoms with Crippen molar-refractivity contribution in [3.8, 4) is 5.75 Å².